The molecule has 18 heavy (non-hydrogen) atoms. The lowest BCUT2D eigenvalue weighted by atomic mass is 9.72. The largest absolute Gasteiger partial charge is 0.507 e. The Morgan fingerprint density at radius 2 is 1.78 bits per heavy atom. The summed E-state index contributed by atoms with van der Waals surface area (Å²) in [5, 5.41) is 21.2. The monoisotopic (exact) mass is 249 g/mol. The average molecular weight is 249 g/mol. The fourth-order valence-corrected chi connectivity index (χ4v) is 2.57. The van der Waals surface area contributed by atoms with E-state index in [9.17, 15) is 5.11 Å². The molecule has 100 valence electrons. The molecular weight excluding hydrogens is 226 g/mol. The van der Waals surface area contributed by atoms with E-state index >= 15 is 0 Å². The van der Waals surface area contributed by atoms with Crippen LogP contribution in [0.1, 0.15) is 52.2 Å². The summed E-state index contributed by atoms with van der Waals surface area (Å²) in [5.41, 5.74) is 1.90. The first kappa shape index (κ1) is 14.6. The molecular formula is C15H23NO2. The van der Waals surface area contributed by atoms with Gasteiger partial charge in [0.05, 0.1) is 6.21 Å². The van der Waals surface area contributed by atoms with E-state index in [4.69, 9.17) is 5.21 Å². The topological polar surface area (TPSA) is 52.8 Å². The van der Waals surface area contributed by atoms with Gasteiger partial charge in [-0.2, -0.15) is 0 Å². The second-order valence-electron chi connectivity index (χ2n) is 6.64. The fourth-order valence-electron chi connectivity index (χ4n) is 2.57. The van der Waals surface area contributed by atoms with Crippen molar-refractivity contribution in [2.45, 2.75) is 46.5 Å². The second-order valence-corrected chi connectivity index (χ2v) is 6.64. The number of oxime groups is 1. The van der Waals surface area contributed by atoms with Gasteiger partial charge in [0.25, 0.3) is 0 Å². The Kier molecular flexibility index (Phi) is 4.05. The summed E-state index contributed by atoms with van der Waals surface area (Å²) in [6.45, 7) is 11.0. The first-order chi connectivity index (χ1) is 8.15. The van der Waals surface area contributed by atoms with Crippen LogP contribution in [0.5, 0.6) is 5.75 Å². The van der Waals surface area contributed by atoms with Gasteiger partial charge < -0.3 is 10.3 Å². The Hall–Kier alpha value is -1.51. The van der Waals surface area contributed by atoms with Crippen LogP contribution in [-0.2, 0) is 5.41 Å². The summed E-state index contributed by atoms with van der Waals surface area (Å²) < 4.78 is 0. The zero-order valence-electron chi connectivity index (χ0n) is 11.9. The molecule has 0 spiro atoms. The smallest absolute Gasteiger partial charge is 0.124 e. The molecule has 1 rings (SSSR count). The van der Waals surface area contributed by atoms with Crippen molar-refractivity contribution in [3.63, 3.8) is 0 Å². The van der Waals surface area contributed by atoms with Crippen molar-refractivity contribution in [1.82, 2.24) is 0 Å². The van der Waals surface area contributed by atoms with Crippen LogP contribution in [0.2, 0.25) is 0 Å². The van der Waals surface area contributed by atoms with E-state index in [-0.39, 0.29) is 16.6 Å². The zero-order valence-corrected chi connectivity index (χ0v) is 11.9. The molecule has 0 bridgehead atoms. The molecule has 0 atom stereocenters. The number of nitrogens with zero attached hydrogens (tertiary/aromatic N) is 1. The first-order valence-corrected chi connectivity index (χ1v) is 6.17. The summed E-state index contributed by atoms with van der Waals surface area (Å²) >= 11 is 0. The molecule has 0 saturated carbocycles. The highest BCUT2D eigenvalue weighted by Crippen LogP contribution is 2.37. The van der Waals surface area contributed by atoms with E-state index in [1.165, 1.54) is 6.21 Å². The quantitative estimate of drug-likeness (QED) is 0.484. The van der Waals surface area contributed by atoms with Crippen LogP contribution >= 0.6 is 0 Å². The summed E-state index contributed by atoms with van der Waals surface area (Å²) in [7, 11) is 0. The van der Waals surface area contributed by atoms with E-state index in [1.54, 1.807) is 6.07 Å². The third-order valence-corrected chi connectivity index (χ3v) is 2.98. The molecule has 0 amide bonds. The van der Waals surface area contributed by atoms with Crippen LogP contribution < -0.4 is 0 Å². The van der Waals surface area contributed by atoms with E-state index in [2.05, 4.69) is 39.8 Å². The summed E-state index contributed by atoms with van der Waals surface area (Å²) in [6.07, 6.45) is 2.28. The molecule has 0 heterocycles. The van der Waals surface area contributed by atoms with Gasteiger partial charge in [0.15, 0.2) is 0 Å². The highest BCUT2D eigenvalue weighted by Gasteiger charge is 2.27. The Morgan fingerprint density at radius 3 is 2.28 bits per heavy atom. The van der Waals surface area contributed by atoms with Crippen molar-refractivity contribution in [1.29, 1.82) is 0 Å². The van der Waals surface area contributed by atoms with Crippen molar-refractivity contribution in [3.8, 4) is 5.75 Å². The lowest BCUT2D eigenvalue weighted by molar-refractivity contribution is 0.284. The fraction of sp³-hybridized carbons (Fsp3) is 0.533. The number of phenolic OH excluding ortho intramolecular Hbond substituents is 1. The Bertz CT molecular complexity index is 442. The number of benzene rings is 1. The summed E-state index contributed by atoms with van der Waals surface area (Å²) in [6, 6.07) is 5.45. The maximum absolute atomic E-state index is 9.66. The van der Waals surface area contributed by atoms with Gasteiger partial charge in [0.1, 0.15) is 5.75 Å². The van der Waals surface area contributed by atoms with Crippen LogP contribution in [0.15, 0.2) is 23.4 Å². The average Bonchev–Trinajstić information content (AvgIpc) is 2.17. The molecule has 3 nitrogen and oxygen atoms in total. The predicted molar refractivity (Wildman–Crippen MR) is 74.6 cm³/mol. The van der Waals surface area contributed by atoms with Crippen LogP contribution in [-0.4, -0.2) is 16.5 Å². The minimum absolute atomic E-state index is 0.00396. The van der Waals surface area contributed by atoms with Crippen molar-refractivity contribution in [3.05, 3.63) is 29.3 Å². The minimum atomic E-state index is 0.00396. The molecule has 0 aliphatic carbocycles. The number of rotatable bonds is 3. The Morgan fingerprint density at radius 1 is 1.17 bits per heavy atom. The van der Waals surface area contributed by atoms with Gasteiger partial charge in [-0.15, -0.1) is 0 Å². The summed E-state index contributed by atoms with van der Waals surface area (Å²) in [4.78, 5) is 0. The first-order valence-electron chi connectivity index (χ1n) is 6.17. The Balaban J connectivity index is 3.13. The molecule has 0 unspecified atom stereocenters. The number of hydrogen-bond acceptors (Lipinski definition) is 3. The van der Waals surface area contributed by atoms with Crippen LogP contribution in [0, 0.1) is 5.41 Å². The molecule has 0 radical (unpaired) electrons. The normalized spacial score (nSPS) is 13.2. The molecule has 3 heteroatoms. The molecule has 1 aromatic rings. The van der Waals surface area contributed by atoms with E-state index in [0.29, 0.717) is 5.56 Å². The molecule has 0 aliphatic rings. The van der Waals surface area contributed by atoms with Gasteiger partial charge in [-0.1, -0.05) is 45.8 Å². The predicted octanol–water partition coefficient (Wildman–Crippen LogP) is 3.91. The standard InChI is InChI=1S/C15H23NO2/c1-14(2,3)10-15(4,5)12-6-7-13(17)11(8-12)9-16-18/h6-9,17-18H,10H2,1-5H3. The van der Waals surface area contributed by atoms with Crippen LogP contribution in [0.4, 0.5) is 0 Å². The highest BCUT2D eigenvalue weighted by atomic mass is 16.4. The van der Waals surface area contributed by atoms with Crippen LogP contribution in [0.3, 0.4) is 0 Å². The van der Waals surface area contributed by atoms with E-state index in [1.807, 2.05) is 12.1 Å². The molecule has 0 saturated heterocycles. The van der Waals surface area contributed by atoms with Gasteiger partial charge in [0, 0.05) is 5.56 Å². The van der Waals surface area contributed by atoms with Gasteiger partial charge in [-0.3, -0.25) is 0 Å². The van der Waals surface area contributed by atoms with Gasteiger partial charge in [-0.25, -0.2) is 0 Å². The number of hydrogen-bond donors (Lipinski definition) is 2. The van der Waals surface area contributed by atoms with E-state index in [0.717, 1.165) is 12.0 Å². The van der Waals surface area contributed by atoms with Crippen molar-refractivity contribution >= 4 is 6.21 Å². The van der Waals surface area contributed by atoms with Crippen molar-refractivity contribution < 1.29 is 10.3 Å². The van der Waals surface area contributed by atoms with Crippen LogP contribution in [0.25, 0.3) is 0 Å². The molecule has 0 aliphatic heterocycles. The van der Waals surface area contributed by atoms with Crippen molar-refractivity contribution in [2.75, 3.05) is 0 Å². The van der Waals surface area contributed by atoms with Gasteiger partial charge in [0.2, 0.25) is 0 Å². The zero-order chi connectivity index (χ0) is 14.0. The third-order valence-electron chi connectivity index (χ3n) is 2.98. The van der Waals surface area contributed by atoms with Gasteiger partial charge in [-0.05, 0) is 34.9 Å². The lowest BCUT2D eigenvalue weighted by Gasteiger charge is -2.33. The lowest BCUT2D eigenvalue weighted by Crippen LogP contribution is -2.24. The van der Waals surface area contributed by atoms with Gasteiger partial charge >= 0.3 is 0 Å². The minimum Gasteiger partial charge on any atom is -0.507 e. The molecule has 2 N–H and O–H groups in total. The van der Waals surface area contributed by atoms with Crippen molar-refractivity contribution in [2.24, 2.45) is 10.6 Å². The molecule has 1 aromatic carbocycles. The maximum atomic E-state index is 9.66. The molecule has 0 aromatic heterocycles. The SMILES string of the molecule is CC(C)(C)CC(C)(C)c1ccc(O)c(C=NO)c1. The molecule has 0 fully saturated rings. The number of aromatic hydroxyl groups is 1. The highest BCUT2D eigenvalue weighted by molar-refractivity contribution is 5.83. The van der Waals surface area contributed by atoms with E-state index < -0.39 is 0 Å². The third kappa shape index (κ3) is 3.76. The number of phenols is 1. The summed E-state index contributed by atoms with van der Waals surface area (Å²) in [5.74, 6) is 0.128. The maximum Gasteiger partial charge on any atom is 0.124 e. The Labute approximate surface area is 109 Å². The second kappa shape index (κ2) is 5.01.